The number of hydrogen-bond donors (Lipinski definition) is 1. The zero-order valence-corrected chi connectivity index (χ0v) is 18.4. The number of benzene rings is 2. The van der Waals surface area contributed by atoms with Gasteiger partial charge in [0.05, 0.1) is 24.2 Å². The second-order valence-corrected chi connectivity index (χ2v) is 9.59. The quantitative estimate of drug-likeness (QED) is 0.386. The van der Waals surface area contributed by atoms with Gasteiger partial charge in [-0.1, -0.05) is 36.4 Å². The number of piperidine rings is 3. The highest BCUT2D eigenvalue weighted by Crippen LogP contribution is 2.48. The molecule has 3 nitrogen and oxygen atoms in total. The molecule has 0 aliphatic carbocycles. The van der Waals surface area contributed by atoms with Crippen LogP contribution in [0.5, 0.6) is 0 Å². The Morgan fingerprint density at radius 1 is 1.12 bits per heavy atom. The van der Waals surface area contributed by atoms with Crippen LogP contribution < -0.4 is 0 Å². The van der Waals surface area contributed by atoms with Crippen LogP contribution in [0.4, 0.5) is 13.2 Å². The molecule has 2 aromatic carbocycles. The van der Waals surface area contributed by atoms with Crippen LogP contribution in [-0.4, -0.2) is 33.7 Å². The van der Waals surface area contributed by atoms with Crippen LogP contribution in [0.2, 0.25) is 0 Å². The SMILES string of the molecule is C=C[C@@H]1C[N+]2(Cc3ccc(C(F)(F)F)cc3)CC[C@H]1C[C@@H]2[C@H](O)c1ccnc2ccccc12. The third-order valence-electron chi connectivity index (χ3n) is 7.82. The monoisotopic (exact) mass is 453 g/mol. The smallest absolute Gasteiger partial charge is 0.382 e. The van der Waals surface area contributed by atoms with Crippen molar-refractivity contribution >= 4 is 10.9 Å². The van der Waals surface area contributed by atoms with E-state index in [2.05, 4.69) is 11.6 Å². The number of hydrogen-bond acceptors (Lipinski definition) is 2. The van der Waals surface area contributed by atoms with E-state index < -0.39 is 17.8 Å². The first-order valence-electron chi connectivity index (χ1n) is 11.5. The Morgan fingerprint density at radius 2 is 1.88 bits per heavy atom. The number of aromatic nitrogens is 1. The van der Waals surface area contributed by atoms with Crippen LogP contribution in [0.1, 0.15) is 35.6 Å². The van der Waals surface area contributed by atoms with Crippen molar-refractivity contribution in [3.63, 3.8) is 0 Å². The average molecular weight is 454 g/mol. The van der Waals surface area contributed by atoms with Gasteiger partial charge in [0.15, 0.2) is 0 Å². The van der Waals surface area contributed by atoms with Gasteiger partial charge in [0.2, 0.25) is 0 Å². The molecular weight excluding hydrogens is 425 g/mol. The molecular formula is C27H28F3N2O+. The zero-order chi connectivity index (χ0) is 23.2. The van der Waals surface area contributed by atoms with E-state index in [9.17, 15) is 18.3 Å². The number of fused-ring (bicyclic) bond motifs is 4. The number of halogens is 3. The highest BCUT2D eigenvalue weighted by atomic mass is 19.4. The summed E-state index contributed by atoms with van der Waals surface area (Å²) in [5, 5.41) is 12.6. The van der Waals surface area contributed by atoms with Gasteiger partial charge in [-0.2, -0.15) is 13.2 Å². The fourth-order valence-corrected chi connectivity index (χ4v) is 6.13. The van der Waals surface area contributed by atoms with E-state index in [1.54, 1.807) is 18.3 Å². The summed E-state index contributed by atoms with van der Waals surface area (Å²) in [5.41, 5.74) is 1.96. The minimum Gasteiger partial charge on any atom is -0.382 e. The molecule has 3 aliphatic rings. The Kier molecular flexibility index (Phi) is 5.53. The van der Waals surface area contributed by atoms with E-state index in [1.165, 1.54) is 0 Å². The number of rotatable bonds is 5. The minimum absolute atomic E-state index is 0.0342. The van der Waals surface area contributed by atoms with Gasteiger partial charge in [-0.15, -0.1) is 6.58 Å². The van der Waals surface area contributed by atoms with Crippen LogP contribution in [0.15, 0.2) is 73.4 Å². The molecule has 3 aliphatic heterocycles. The number of para-hydroxylation sites is 1. The molecule has 6 rings (SSSR count). The van der Waals surface area contributed by atoms with Gasteiger partial charge >= 0.3 is 6.18 Å². The number of aliphatic hydroxyl groups excluding tert-OH is 1. The van der Waals surface area contributed by atoms with Gasteiger partial charge < -0.3 is 9.59 Å². The largest absolute Gasteiger partial charge is 0.416 e. The summed E-state index contributed by atoms with van der Waals surface area (Å²) < 4.78 is 39.8. The van der Waals surface area contributed by atoms with Gasteiger partial charge in [-0.25, -0.2) is 0 Å². The molecule has 33 heavy (non-hydrogen) atoms. The Balaban J connectivity index is 1.51. The summed E-state index contributed by atoms with van der Waals surface area (Å²) in [5.74, 6) is 0.827. The third kappa shape index (κ3) is 3.96. The maximum atomic E-state index is 13.1. The number of nitrogens with zero attached hydrogens (tertiary/aromatic N) is 2. The lowest BCUT2D eigenvalue weighted by Gasteiger charge is -2.58. The van der Waals surface area contributed by atoms with Crippen LogP contribution in [0.3, 0.4) is 0 Å². The molecule has 3 saturated heterocycles. The molecule has 0 spiro atoms. The van der Waals surface area contributed by atoms with Crippen LogP contribution in [0.25, 0.3) is 10.9 Å². The Hall–Kier alpha value is -2.70. The van der Waals surface area contributed by atoms with Crippen LogP contribution >= 0.6 is 0 Å². The van der Waals surface area contributed by atoms with E-state index in [4.69, 9.17) is 0 Å². The standard InChI is InChI=1S/C27H28F3N2O/c1-2-19-17-32(16-18-7-9-21(10-8-18)27(28,29)30)14-12-20(19)15-25(32)26(33)23-11-13-31-24-6-4-3-5-22(23)24/h2-11,13,19-20,25-26,33H,1,12,14-17H2/q+1/t19-,20+,25-,26-,32?/m1/s1. The van der Waals surface area contributed by atoms with Crippen molar-refractivity contribution in [1.82, 2.24) is 4.98 Å². The molecule has 5 atom stereocenters. The molecule has 0 saturated carbocycles. The summed E-state index contributed by atoms with van der Waals surface area (Å²) in [6.45, 7) is 6.39. The topological polar surface area (TPSA) is 33.1 Å². The van der Waals surface area contributed by atoms with Crippen LogP contribution in [0, 0.1) is 11.8 Å². The number of pyridine rings is 1. The van der Waals surface area contributed by atoms with Gasteiger partial charge in [0.25, 0.3) is 0 Å². The average Bonchev–Trinajstić information content (AvgIpc) is 2.83. The minimum atomic E-state index is -4.34. The molecule has 4 heterocycles. The second kappa shape index (κ2) is 8.26. The molecule has 1 N–H and O–H groups in total. The van der Waals surface area contributed by atoms with Crippen molar-refractivity contribution in [1.29, 1.82) is 0 Å². The fraction of sp³-hybridized carbons (Fsp3) is 0.370. The lowest BCUT2D eigenvalue weighted by atomic mass is 9.71. The maximum Gasteiger partial charge on any atom is 0.416 e. The summed E-state index contributed by atoms with van der Waals surface area (Å²) in [6, 6.07) is 15.2. The van der Waals surface area contributed by atoms with Gasteiger partial charge in [-0.05, 0) is 35.7 Å². The number of aliphatic hydroxyl groups is 1. The predicted molar refractivity (Wildman–Crippen MR) is 122 cm³/mol. The summed E-state index contributed by atoms with van der Waals surface area (Å²) in [4.78, 5) is 4.43. The highest BCUT2D eigenvalue weighted by Gasteiger charge is 2.54. The summed E-state index contributed by atoms with van der Waals surface area (Å²) in [6.07, 6.45) is 0.648. The number of alkyl halides is 3. The van der Waals surface area contributed by atoms with E-state index in [0.29, 0.717) is 22.9 Å². The summed E-state index contributed by atoms with van der Waals surface area (Å²) in [7, 11) is 0. The molecule has 172 valence electrons. The second-order valence-electron chi connectivity index (χ2n) is 9.59. The molecule has 1 unspecified atom stereocenters. The molecule has 0 amide bonds. The summed E-state index contributed by atoms with van der Waals surface area (Å²) >= 11 is 0. The first kappa shape index (κ1) is 22.1. The molecule has 1 aromatic heterocycles. The molecule has 3 fully saturated rings. The van der Waals surface area contributed by atoms with Crippen molar-refractivity contribution in [3.05, 3.63) is 90.1 Å². The van der Waals surface area contributed by atoms with Crippen molar-refractivity contribution in [2.24, 2.45) is 11.8 Å². The maximum absolute atomic E-state index is 13.1. The fourth-order valence-electron chi connectivity index (χ4n) is 6.13. The van der Waals surface area contributed by atoms with E-state index >= 15 is 0 Å². The molecule has 2 bridgehead atoms. The Bertz CT molecular complexity index is 1150. The van der Waals surface area contributed by atoms with E-state index in [0.717, 1.165) is 60.1 Å². The van der Waals surface area contributed by atoms with Crippen molar-refractivity contribution < 1.29 is 22.8 Å². The van der Waals surface area contributed by atoms with Gasteiger partial charge in [0, 0.05) is 35.9 Å². The van der Waals surface area contributed by atoms with Crippen LogP contribution in [-0.2, 0) is 12.7 Å². The Morgan fingerprint density at radius 3 is 2.61 bits per heavy atom. The van der Waals surface area contributed by atoms with Crippen molar-refractivity contribution in [2.75, 3.05) is 13.1 Å². The van der Waals surface area contributed by atoms with E-state index in [1.807, 2.05) is 36.4 Å². The molecule has 6 heteroatoms. The zero-order valence-electron chi connectivity index (χ0n) is 18.4. The van der Waals surface area contributed by atoms with E-state index in [-0.39, 0.29) is 6.04 Å². The lowest BCUT2D eigenvalue weighted by molar-refractivity contribution is -0.984. The normalized spacial score (nSPS) is 28.1. The number of quaternary nitrogens is 1. The van der Waals surface area contributed by atoms with Gasteiger partial charge in [0.1, 0.15) is 18.7 Å². The molecule has 3 aromatic rings. The third-order valence-corrected chi connectivity index (χ3v) is 7.82. The van der Waals surface area contributed by atoms with Gasteiger partial charge in [-0.3, -0.25) is 4.98 Å². The predicted octanol–water partition coefficient (Wildman–Crippen LogP) is 5.90. The first-order chi connectivity index (χ1) is 15.8. The van der Waals surface area contributed by atoms with Crippen molar-refractivity contribution in [2.45, 2.75) is 37.7 Å². The first-order valence-corrected chi connectivity index (χ1v) is 11.5. The highest BCUT2D eigenvalue weighted by molar-refractivity contribution is 5.82. The molecule has 0 radical (unpaired) electrons. The Labute approximate surface area is 191 Å². The lowest BCUT2D eigenvalue weighted by Crippen LogP contribution is -2.67. The van der Waals surface area contributed by atoms with Crippen molar-refractivity contribution in [3.8, 4) is 0 Å².